The zero-order valence-corrected chi connectivity index (χ0v) is 12.9. The second kappa shape index (κ2) is 6.51. The van der Waals surface area contributed by atoms with E-state index < -0.39 is 0 Å². The van der Waals surface area contributed by atoms with Crippen LogP contribution in [0.25, 0.3) is 0 Å². The summed E-state index contributed by atoms with van der Waals surface area (Å²) in [5.41, 5.74) is 2.07. The van der Waals surface area contributed by atoms with Crippen LogP contribution in [0.4, 0.5) is 0 Å². The van der Waals surface area contributed by atoms with Gasteiger partial charge in [-0.1, -0.05) is 31.2 Å². The second-order valence-corrected chi connectivity index (χ2v) is 5.80. The SMILES string of the molecule is CCc1ccc(C(=O)C(C)N2CC(C)OC(C)C2)cc1. The highest BCUT2D eigenvalue weighted by molar-refractivity contribution is 5.99. The molecular weight excluding hydrogens is 250 g/mol. The summed E-state index contributed by atoms with van der Waals surface area (Å²) in [5.74, 6) is 0.203. The predicted octanol–water partition coefficient (Wildman–Crippen LogP) is 2.93. The zero-order chi connectivity index (χ0) is 14.7. The molecule has 0 spiro atoms. The number of hydrogen-bond donors (Lipinski definition) is 0. The number of carbonyl (C=O) groups excluding carboxylic acids is 1. The van der Waals surface area contributed by atoms with Gasteiger partial charge in [-0.3, -0.25) is 9.69 Å². The molecule has 1 saturated heterocycles. The van der Waals surface area contributed by atoms with Crippen LogP contribution in [0.15, 0.2) is 24.3 Å². The highest BCUT2D eigenvalue weighted by atomic mass is 16.5. The number of nitrogens with zero attached hydrogens (tertiary/aromatic N) is 1. The Morgan fingerprint density at radius 1 is 1.25 bits per heavy atom. The van der Waals surface area contributed by atoms with Crippen LogP contribution >= 0.6 is 0 Å². The molecule has 0 amide bonds. The summed E-state index contributed by atoms with van der Waals surface area (Å²) in [6, 6.07) is 7.90. The molecule has 1 aromatic carbocycles. The number of hydrogen-bond acceptors (Lipinski definition) is 3. The van der Waals surface area contributed by atoms with Gasteiger partial charge in [-0.25, -0.2) is 0 Å². The van der Waals surface area contributed by atoms with Gasteiger partial charge in [-0.2, -0.15) is 0 Å². The van der Waals surface area contributed by atoms with Crippen molar-refractivity contribution in [1.82, 2.24) is 4.90 Å². The molecule has 20 heavy (non-hydrogen) atoms. The van der Waals surface area contributed by atoms with Crippen molar-refractivity contribution >= 4 is 5.78 Å². The summed E-state index contributed by atoms with van der Waals surface area (Å²) in [5, 5.41) is 0. The molecule has 0 bridgehead atoms. The molecule has 1 fully saturated rings. The summed E-state index contributed by atoms with van der Waals surface area (Å²) >= 11 is 0. The van der Waals surface area contributed by atoms with E-state index in [1.54, 1.807) is 0 Å². The monoisotopic (exact) mass is 275 g/mol. The third kappa shape index (κ3) is 3.47. The van der Waals surface area contributed by atoms with E-state index in [2.05, 4.69) is 25.7 Å². The molecule has 110 valence electrons. The highest BCUT2D eigenvalue weighted by Gasteiger charge is 2.29. The van der Waals surface area contributed by atoms with Crippen molar-refractivity contribution in [2.24, 2.45) is 0 Å². The lowest BCUT2D eigenvalue weighted by Crippen LogP contribution is -2.51. The number of carbonyl (C=O) groups is 1. The predicted molar refractivity (Wildman–Crippen MR) is 81.2 cm³/mol. The third-order valence-electron chi connectivity index (χ3n) is 4.02. The number of ketones is 1. The van der Waals surface area contributed by atoms with Crippen molar-refractivity contribution < 1.29 is 9.53 Å². The lowest BCUT2D eigenvalue weighted by molar-refractivity contribution is -0.0744. The van der Waals surface area contributed by atoms with Crippen molar-refractivity contribution in [3.63, 3.8) is 0 Å². The van der Waals surface area contributed by atoms with E-state index in [4.69, 9.17) is 4.74 Å². The minimum absolute atomic E-state index is 0.0868. The summed E-state index contributed by atoms with van der Waals surface area (Å²) < 4.78 is 5.73. The van der Waals surface area contributed by atoms with Gasteiger partial charge >= 0.3 is 0 Å². The topological polar surface area (TPSA) is 29.5 Å². The lowest BCUT2D eigenvalue weighted by Gasteiger charge is -2.38. The summed E-state index contributed by atoms with van der Waals surface area (Å²) in [7, 11) is 0. The second-order valence-electron chi connectivity index (χ2n) is 5.80. The normalized spacial score (nSPS) is 25.4. The van der Waals surface area contributed by atoms with Gasteiger partial charge in [0.25, 0.3) is 0 Å². The smallest absolute Gasteiger partial charge is 0.179 e. The first kappa shape index (κ1) is 15.2. The number of rotatable bonds is 4. The van der Waals surface area contributed by atoms with Crippen molar-refractivity contribution in [1.29, 1.82) is 0 Å². The van der Waals surface area contributed by atoms with E-state index in [9.17, 15) is 4.79 Å². The van der Waals surface area contributed by atoms with Crippen LogP contribution in [0.5, 0.6) is 0 Å². The first-order chi connectivity index (χ1) is 9.51. The Morgan fingerprint density at radius 3 is 2.30 bits per heavy atom. The molecule has 0 saturated carbocycles. The van der Waals surface area contributed by atoms with Gasteiger partial charge in [-0.15, -0.1) is 0 Å². The maximum atomic E-state index is 12.6. The fourth-order valence-electron chi connectivity index (χ4n) is 2.85. The molecule has 3 nitrogen and oxygen atoms in total. The molecule has 3 heteroatoms. The van der Waals surface area contributed by atoms with Crippen LogP contribution in [0.3, 0.4) is 0 Å². The largest absolute Gasteiger partial charge is 0.373 e. The molecule has 1 aliphatic rings. The Balaban J connectivity index is 2.07. The Kier molecular flexibility index (Phi) is 4.95. The van der Waals surface area contributed by atoms with Gasteiger partial charge in [0.2, 0.25) is 0 Å². The first-order valence-electron chi connectivity index (χ1n) is 7.54. The Bertz CT molecular complexity index is 445. The fraction of sp³-hybridized carbons (Fsp3) is 0.588. The van der Waals surface area contributed by atoms with Crippen molar-refractivity contribution in [2.45, 2.75) is 52.4 Å². The molecule has 2 rings (SSSR count). The van der Waals surface area contributed by atoms with Gasteiger partial charge in [0.05, 0.1) is 18.2 Å². The van der Waals surface area contributed by atoms with Gasteiger partial charge in [0, 0.05) is 18.7 Å². The summed E-state index contributed by atoms with van der Waals surface area (Å²) in [6.07, 6.45) is 1.38. The van der Waals surface area contributed by atoms with Crippen LogP contribution in [-0.4, -0.2) is 42.0 Å². The van der Waals surface area contributed by atoms with E-state index in [1.807, 2.05) is 31.2 Å². The highest BCUT2D eigenvalue weighted by Crippen LogP contribution is 2.17. The van der Waals surface area contributed by atoms with Gasteiger partial charge < -0.3 is 4.74 Å². The number of aryl methyl sites for hydroxylation is 1. The van der Waals surface area contributed by atoms with Crippen molar-refractivity contribution in [2.75, 3.05) is 13.1 Å². The maximum Gasteiger partial charge on any atom is 0.179 e. The number of Topliss-reactive ketones (excluding diaryl/α,β-unsaturated/α-hetero) is 1. The number of morpholine rings is 1. The van der Waals surface area contributed by atoms with E-state index in [-0.39, 0.29) is 24.0 Å². The Hall–Kier alpha value is -1.19. The standard InChI is InChI=1S/C17H25NO2/c1-5-15-6-8-16(9-7-15)17(19)14(4)18-10-12(2)20-13(3)11-18/h6-9,12-14H,5,10-11H2,1-4H3. The third-order valence-corrected chi connectivity index (χ3v) is 4.02. The van der Waals surface area contributed by atoms with Crippen molar-refractivity contribution in [3.8, 4) is 0 Å². The van der Waals surface area contributed by atoms with E-state index >= 15 is 0 Å². The van der Waals surface area contributed by atoms with E-state index in [1.165, 1.54) is 5.56 Å². The van der Waals surface area contributed by atoms with Crippen molar-refractivity contribution in [3.05, 3.63) is 35.4 Å². The molecule has 1 aromatic rings. The minimum atomic E-state index is -0.0868. The van der Waals surface area contributed by atoms with Crippen LogP contribution in [0.1, 0.15) is 43.6 Å². The van der Waals surface area contributed by atoms with E-state index in [0.29, 0.717) is 0 Å². The lowest BCUT2D eigenvalue weighted by atomic mass is 10.0. The molecule has 3 unspecified atom stereocenters. The molecule has 1 heterocycles. The van der Waals surface area contributed by atoms with Crippen LogP contribution in [-0.2, 0) is 11.2 Å². The van der Waals surface area contributed by atoms with Gasteiger partial charge in [0.15, 0.2) is 5.78 Å². The molecule has 3 atom stereocenters. The fourth-order valence-corrected chi connectivity index (χ4v) is 2.85. The number of benzene rings is 1. The van der Waals surface area contributed by atoms with E-state index in [0.717, 1.165) is 25.1 Å². The molecule has 0 aliphatic carbocycles. The Labute approximate surface area is 121 Å². The molecular formula is C17H25NO2. The quantitative estimate of drug-likeness (QED) is 0.791. The molecule has 0 aromatic heterocycles. The number of ether oxygens (including phenoxy) is 1. The van der Waals surface area contributed by atoms with Gasteiger partial charge in [0.1, 0.15) is 0 Å². The zero-order valence-electron chi connectivity index (χ0n) is 12.9. The van der Waals surface area contributed by atoms with Crippen LogP contribution < -0.4 is 0 Å². The average Bonchev–Trinajstić information content (AvgIpc) is 2.45. The van der Waals surface area contributed by atoms with Gasteiger partial charge in [-0.05, 0) is 32.8 Å². The summed E-state index contributed by atoms with van der Waals surface area (Å²) in [6.45, 7) is 9.90. The minimum Gasteiger partial charge on any atom is -0.373 e. The first-order valence-corrected chi connectivity index (χ1v) is 7.54. The van der Waals surface area contributed by atoms with Crippen LogP contribution in [0.2, 0.25) is 0 Å². The molecule has 1 aliphatic heterocycles. The maximum absolute atomic E-state index is 12.6. The average molecular weight is 275 g/mol. The molecule has 0 radical (unpaired) electrons. The molecule has 0 N–H and O–H groups in total. The summed E-state index contributed by atoms with van der Waals surface area (Å²) in [4.78, 5) is 14.8. The Morgan fingerprint density at radius 2 is 1.80 bits per heavy atom. The van der Waals surface area contributed by atoms with Crippen LogP contribution in [0, 0.1) is 0 Å².